The smallest absolute Gasteiger partial charge is 0.345 e. The number of benzene rings is 5. The third-order valence-electron chi connectivity index (χ3n) is 21.1. The zero-order valence-corrected chi connectivity index (χ0v) is 68.2. The highest BCUT2D eigenvalue weighted by Crippen LogP contribution is 2.45. The second kappa shape index (κ2) is 39.3. The first-order valence-electron chi connectivity index (χ1n) is 39.2. The molecule has 0 fully saturated rings. The van der Waals surface area contributed by atoms with E-state index in [1.165, 1.54) is 92.7 Å². The second-order valence-corrected chi connectivity index (χ2v) is 31.0. The number of carbonyl (C=O) groups excluding carboxylic acids is 5. The summed E-state index contributed by atoms with van der Waals surface area (Å²) in [4.78, 5) is 78.4. The topological polar surface area (TPSA) is 345 Å². The Balaban J connectivity index is 0.000000152. The summed E-state index contributed by atoms with van der Waals surface area (Å²) in [5.41, 5.74) is 31.5. The molecule has 10 N–H and O–H groups in total. The van der Waals surface area contributed by atoms with Crippen molar-refractivity contribution in [1.82, 2.24) is 24.9 Å². The third-order valence-corrected chi connectivity index (χ3v) is 21.1. The van der Waals surface area contributed by atoms with Gasteiger partial charge in [0.25, 0.3) is 29.5 Å². The Hall–Kier alpha value is -12.9. The van der Waals surface area contributed by atoms with Crippen LogP contribution < -0.4 is 52.4 Å². The summed E-state index contributed by atoms with van der Waals surface area (Å²) in [6, 6.07) is 23.0. The predicted molar refractivity (Wildman–Crippen MR) is 427 cm³/mol. The summed E-state index contributed by atoms with van der Waals surface area (Å²) in [6.45, 7) is 8.91. The molecule has 22 nitrogen and oxygen atoms in total. The van der Waals surface area contributed by atoms with Gasteiger partial charge in [-0.1, -0.05) is 27.7 Å². The average molecular weight is 1750 g/mol. The van der Waals surface area contributed by atoms with E-state index in [1.54, 1.807) is 0 Å². The normalized spacial score (nSPS) is 16.8. The van der Waals surface area contributed by atoms with Crippen LogP contribution in [0.4, 0.5) is 61.5 Å². The number of ether oxygens (including phenoxy) is 7. The fraction of sp³-hybridized carbons (Fsp3) is 0.326. The van der Waals surface area contributed by atoms with E-state index in [2.05, 4.69) is 34.4 Å². The van der Waals surface area contributed by atoms with Gasteiger partial charge in [-0.15, -0.1) is 0 Å². The number of hydrogen-bond acceptors (Lipinski definition) is 17. The molecule has 660 valence electrons. The second-order valence-electron chi connectivity index (χ2n) is 31.0. The van der Waals surface area contributed by atoms with Crippen LogP contribution in [-0.2, 0) is 41.6 Å². The van der Waals surface area contributed by atoms with Crippen LogP contribution in [0.15, 0.2) is 121 Å². The number of halogens is 14. The first kappa shape index (κ1) is 92.9. The lowest BCUT2D eigenvalue weighted by Crippen LogP contribution is -2.36. The molecule has 0 radical (unpaired) electrons. The molecule has 5 aromatic heterocycles. The molecule has 125 heavy (non-hydrogen) atoms. The van der Waals surface area contributed by atoms with Crippen LogP contribution in [0.2, 0.25) is 0 Å². The molecule has 0 unspecified atom stereocenters. The zero-order valence-electron chi connectivity index (χ0n) is 68.2. The Bertz CT molecular complexity index is 5490. The summed E-state index contributed by atoms with van der Waals surface area (Å²) < 4.78 is 225. The quantitative estimate of drug-likeness (QED) is 0.0498. The van der Waals surface area contributed by atoms with Crippen molar-refractivity contribution in [3.63, 3.8) is 0 Å². The van der Waals surface area contributed by atoms with Crippen LogP contribution in [0, 0.1) is 70.0 Å². The first-order chi connectivity index (χ1) is 59.0. The van der Waals surface area contributed by atoms with Crippen molar-refractivity contribution in [3.8, 4) is 85.0 Å². The van der Waals surface area contributed by atoms with Crippen molar-refractivity contribution < 1.29 is 119 Å². The fourth-order valence-corrected chi connectivity index (χ4v) is 14.6. The number of nitrogens with zero attached hydrogens (tertiary/aromatic N) is 5. The molecule has 0 spiro atoms. The van der Waals surface area contributed by atoms with Crippen molar-refractivity contribution in [2.45, 2.75) is 175 Å². The van der Waals surface area contributed by atoms with Crippen LogP contribution in [-0.4, -0.2) is 110 Å². The lowest BCUT2D eigenvalue weighted by atomic mass is 9.90. The SMILES string of the molecule is CC(C)[C@@H]1CCc2c(-c3ccc(F)cc3F)cc(C(N)=O)nc2O1.CC(C)[C@H]1CCc2c(-c3ccc(F)cc3F)cc(C(N)=O)nc2O1.CC1(C)CCc2c(-c3ccc(F)cc3F)cc(C(N)=O)nc2O1.C[C@@H](OC(F)F)[C@@H]1CCc2c(-c3ccc(F)cc3F)cc(C(N)=O)nc2O1.C[C@H](OC(F)F)[C@@H]1CCc2c(-c3ccc(F)cc3F)cc(C(N)=O)nc2O1. The van der Waals surface area contributed by atoms with Gasteiger partial charge in [0.05, 0.1) is 12.2 Å². The molecule has 5 aliphatic rings. The monoisotopic (exact) mass is 1750 g/mol. The minimum absolute atomic E-state index is 0.00289. The van der Waals surface area contributed by atoms with E-state index in [0.29, 0.717) is 108 Å². The Morgan fingerprint density at radius 2 is 0.544 bits per heavy atom. The molecule has 0 saturated heterocycles. The molecule has 5 aliphatic heterocycles. The van der Waals surface area contributed by atoms with Crippen molar-refractivity contribution in [3.05, 3.63) is 236 Å². The maximum absolute atomic E-state index is 14.3. The Morgan fingerprint density at radius 1 is 0.328 bits per heavy atom. The fourth-order valence-electron chi connectivity index (χ4n) is 14.6. The van der Waals surface area contributed by atoms with Gasteiger partial charge < -0.3 is 61.8 Å². The largest absolute Gasteiger partial charge is 0.474 e. The standard InChI is InChI=1S/2C18H16F4N2O3.2C18H18F2N2O2.C17H16F2N2O2/c2*1-8(26-18(21)22)15-5-4-11-12(10-3-2-9(19)6-13(10)20)7-14(16(23)25)24-17(11)27-15;2*1-9(2)16-6-5-12-13(11-4-3-10(19)7-14(11)20)8-15(17(21)23)22-18(12)24-16;1-17(2)6-5-11-12(10-4-3-9(18)7-13(10)19)8-14(15(20)22)21-16(11)23-17/h2*2-3,6-8,15,18H,4-5H2,1H3,(H2,23,25);2*3-4,7-9,16H,5-6H2,1-2H3,(H2,21,23);3-4,7-8H,5-6H2,1-2H3,(H2,20,22)/t8-,15+;8-,15-;2*16-;/m1010./s1. The average Bonchev–Trinajstić information content (AvgIpc) is 0.791. The number of amides is 5. The molecule has 6 atom stereocenters. The summed E-state index contributed by atoms with van der Waals surface area (Å²) in [6.07, 6.45) is 2.01. The zero-order chi connectivity index (χ0) is 91.1. The number of nitrogens with two attached hydrogens (primary N) is 5. The molecule has 5 amide bonds. The van der Waals surface area contributed by atoms with Gasteiger partial charge in [0.15, 0.2) is 0 Å². The van der Waals surface area contributed by atoms with Gasteiger partial charge >= 0.3 is 13.2 Å². The first-order valence-corrected chi connectivity index (χ1v) is 39.2. The van der Waals surface area contributed by atoms with E-state index in [-0.39, 0.29) is 109 Å². The number of primary amides is 5. The van der Waals surface area contributed by atoms with Gasteiger partial charge in [-0.25, -0.2) is 68.8 Å². The predicted octanol–water partition coefficient (Wildman–Crippen LogP) is 17.1. The molecule has 10 heterocycles. The number of rotatable bonds is 18. The molecule has 36 heteroatoms. The van der Waals surface area contributed by atoms with E-state index in [9.17, 15) is 85.4 Å². The van der Waals surface area contributed by atoms with E-state index in [0.717, 1.165) is 55.3 Å². The highest BCUT2D eigenvalue weighted by molar-refractivity contribution is 5.96. The number of aromatic nitrogens is 5. The molecular weight excluding hydrogens is 1670 g/mol. The van der Waals surface area contributed by atoms with Crippen molar-refractivity contribution in [2.75, 3.05) is 0 Å². The number of fused-ring (bicyclic) bond motifs is 5. The van der Waals surface area contributed by atoms with Gasteiger partial charge in [0, 0.05) is 86.0 Å². The summed E-state index contributed by atoms with van der Waals surface area (Å²) in [7, 11) is 0. The molecule has 10 aromatic rings. The van der Waals surface area contributed by atoms with Crippen LogP contribution in [0.25, 0.3) is 55.6 Å². The highest BCUT2D eigenvalue weighted by Gasteiger charge is 2.37. The number of carbonyl (C=O) groups is 5. The lowest BCUT2D eigenvalue weighted by Gasteiger charge is -2.32. The summed E-state index contributed by atoms with van der Waals surface area (Å²) >= 11 is 0. The van der Waals surface area contributed by atoms with Gasteiger partial charge in [0.1, 0.15) is 117 Å². The molecule has 0 saturated carbocycles. The van der Waals surface area contributed by atoms with E-state index < -0.39 is 131 Å². The van der Waals surface area contributed by atoms with Crippen molar-refractivity contribution in [2.24, 2.45) is 40.5 Å². The number of alkyl halides is 4. The maximum Gasteiger partial charge on any atom is 0.345 e. The minimum Gasteiger partial charge on any atom is -0.474 e. The molecule has 0 aliphatic carbocycles. The molecular formula is C89H84F14N10O12. The Kier molecular flexibility index (Phi) is 29.2. The molecule has 15 rings (SSSR count). The van der Waals surface area contributed by atoms with E-state index in [1.807, 2.05) is 41.5 Å². The van der Waals surface area contributed by atoms with Crippen molar-refractivity contribution in [1.29, 1.82) is 0 Å². The Morgan fingerprint density at radius 3 is 0.760 bits per heavy atom. The van der Waals surface area contributed by atoms with Gasteiger partial charge in [-0.2, -0.15) is 17.6 Å². The highest BCUT2D eigenvalue weighted by atomic mass is 19.3. The van der Waals surface area contributed by atoms with E-state index >= 15 is 0 Å². The summed E-state index contributed by atoms with van der Waals surface area (Å²) in [5, 5.41) is 0. The third kappa shape index (κ3) is 22.4. The van der Waals surface area contributed by atoms with Crippen LogP contribution >= 0.6 is 0 Å². The van der Waals surface area contributed by atoms with Crippen molar-refractivity contribution >= 4 is 29.5 Å². The van der Waals surface area contributed by atoms with Crippen LogP contribution in [0.3, 0.4) is 0 Å². The Labute approximate surface area is 706 Å². The summed E-state index contributed by atoms with van der Waals surface area (Å²) in [5.74, 6) is -9.75. The molecule has 5 aromatic carbocycles. The lowest BCUT2D eigenvalue weighted by molar-refractivity contribution is -0.180. The molecule has 0 bridgehead atoms. The van der Waals surface area contributed by atoms with E-state index in [4.69, 9.17) is 52.4 Å². The number of hydrogen-bond donors (Lipinski definition) is 5. The van der Waals surface area contributed by atoms with Crippen LogP contribution in [0.5, 0.6) is 29.4 Å². The van der Waals surface area contributed by atoms with Crippen LogP contribution in [0.1, 0.15) is 168 Å². The maximum atomic E-state index is 14.3. The number of pyridine rings is 5. The minimum atomic E-state index is -2.96. The van der Waals surface area contributed by atoms with Gasteiger partial charge in [-0.05, 0) is 223 Å². The van der Waals surface area contributed by atoms with Gasteiger partial charge in [0.2, 0.25) is 29.4 Å². The van der Waals surface area contributed by atoms with Gasteiger partial charge in [-0.3, -0.25) is 24.0 Å².